The van der Waals surface area contributed by atoms with Gasteiger partial charge in [-0.2, -0.15) is 0 Å². The minimum absolute atomic E-state index is 0.319. The highest BCUT2D eigenvalue weighted by atomic mass is 35.5. The fourth-order valence-electron chi connectivity index (χ4n) is 1.38. The van der Waals surface area contributed by atoms with Crippen LogP contribution >= 0.6 is 22.9 Å². The van der Waals surface area contributed by atoms with E-state index in [1.54, 1.807) is 0 Å². The van der Waals surface area contributed by atoms with Gasteiger partial charge < -0.3 is 5.11 Å². The molecule has 1 N–H and O–H groups in total. The summed E-state index contributed by atoms with van der Waals surface area (Å²) in [6.45, 7) is 4.20. The van der Waals surface area contributed by atoms with Gasteiger partial charge in [0.15, 0.2) is 0 Å². The number of halogens is 1. The Hall–Kier alpha value is -0.0500. The molecule has 2 atom stereocenters. The molecule has 0 aliphatic rings. The molecule has 1 aromatic heterocycles. The van der Waals surface area contributed by atoms with Crippen molar-refractivity contribution in [1.82, 2.24) is 0 Å². The standard InChI is InChI=1S/C10H15ClOS/c1-3-4-7(2)10(12)9-5-8(11)6-13-9/h5-7,10,12H,3-4H2,1-2H3. The van der Waals surface area contributed by atoms with E-state index in [0.29, 0.717) is 5.92 Å². The van der Waals surface area contributed by atoms with Gasteiger partial charge in [-0.25, -0.2) is 0 Å². The second kappa shape index (κ2) is 4.99. The molecule has 0 saturated heterocycles. The monoisotopic (exact) mass is 218 g/mol. The molecule has 0 aliphatic carbocycles. The average Bonchev–Trinajstić information content (AvgIpc) is 2.51. The highest BCUT2D eigenvalue weighted by molar-refractivity contribution is 7.10. The molecule has 0 aliphatic heterocycles. The molecule has 1 rings (SSSR count). The van der Waals surface area contributed by atoms with Crippen molar-refractivity contribution >= 4 is 22.9 Å². The number of hydrogen-bond acceptors (Lipinski definition) is 2. The second-order valence-electron chi connectivity index (χ2n) is 3.38. The molecular formula is C10H15ClOS. The summed E-state index contributed by atoms with van der Waals surface area (Å²) in [5, 5.41) is 12.5. The van der Waals surface area contributed by atoms with Crippen LogP contribution in [0.25, 0.3) is 0 Å². The second-order valence-corrected chi connectivity index (χ2v) is 4.76. The van der Waals surface area contributed by atoms with Crippen molar-refractivity contribution in [2.24, 2.45) is 5.92 Å². The van der Waals surface area contributed by atoms with Gasteiger partial charge in [0.1, 0.15) is 0 Å². The molecule has 0 fully saturated rings. The lowest BCUT2D eigenvalue weighted by molar-refractivity contribution is 0.116. The minimum Gasteiger partial charge on any atom is -0.387 e. The van der Waals surface area contributed by atoms with E-state index in [4.69, 9.17) is 11.6 Å². The summed E-state index contributed by atoms with van der Waals surface area (Å²) in [5.41, 5.74) is 0. The van der Waals surface area contributed by atoms with Crippen LogP contribution in [0.1, 0.15) is 37.7 Å². The first-order chi connectivity index (χ1) is 6.15. The van der Waals surface area contributed by atoms with E-state index in [1.807, 2.05) is 11.4 Å². The van der Waals surface area contributed by atoms with Crippen LogP contribution in [0.2, 0.25) is 5.02 Å². The fraction of sp³-hybridized carbons (Fsp3) is 0.600. The summed E-state index contributed by atoms with van der Waals surface area (Å²) >= 11 is 7.32. The number of thiophene rings is 1. The molecule has 74 valence electrons. The predicted molar refractivity (Wildman–Crippen MR) is 58.4 cm³/mol. The van der Waals surface area contributed by atoms with E-state index in [-0.39, 0.29) is 6.10 Å². The van der Waals surface area contributed by atoms with Crippen molar-refractivity contribution in [3.8, 4) is 0 Å². The molecule has 0 spiro atoms. The summed E-state index contributed by atoms with van der Waals surface area (Å²) in [6.07, 6.45) is 1.81. The molecule has 3 heteroatoms. The maximum atomic E-state index is 9.89. The van der Waals surface area contributed by atoms with Crippen LogP contribution in [0.5, 0.6) is 0 Å². The molecule has 1 heterocycles. The lowest BCUT2D eigenvalue weighted by Gasteiger charge is -2.16. The van der Waals surface area contributed by atoms with Gasteiger partial charge in [0, 0.05) is 10.3 Å². The SMILES string of the molecule is CCCC(C)C(O)c1cc(Cl)cs1. The van der Waals surface area contributed by atoms with E-state index in [0.717, 1.165) is 22.7 Å². The van der Waals surface area contributed by atoms with E-state index < -0.39 is 0 Å². The van der Waals surface area contributed by atoms with Gasteiger partial charge in [0.2, 0.25) is 0 Å². The lowest BCUT2D eigenvalue weighted by Crippen LogP contribution is -2.07. The van der Waals surface area contributed by atoms with Gasteiger partial charge in [-0.3, -0.25) is 0 Å². The smallest absolute Gasteiger partial charge is 0.0907 e. The first kappa shape index (κ1) is 11.0. The molecule has 1 nitrogen and oxygen atoms in total. The normalized spacial score (nSPS) is 15.7. The van der Waals surface area contributed by atoms with E-state index in [1.165, 1.54) is 11.3 Å². The van der Waals surface area contributed by atoms with Crippen molar-refractivity contribution in [1.29, 1.82) is 0 Å². The number of aliphatic hydroxyl groups excluding tert-OH is 1. The molecular weight excluding hydrogens is 204 g/mol. The summed E-state index contributed by atoms with van der Waals surface area (Å²) in [4.78, 5) is 0.978. The van der Waals surface area contributed by atoms with Gasteiger partial charge in [-0.1, -0.05) is 31.9 Å². The summed E-state index contributed by atoms with van der Waals surface area (Å²) in [7, 11) is 0. The Labute approximate surface area is 88.4 Å². The van der Waals surface area contributed by atoms with Gasteiger partial charge in [0.05, 0.1) is 11.1 Å². The first-order valence-corrected chi connectivity index (χ1v) is 5.83. The van der Waals surface area contributed by atoms with E-state index in [2.05, 4.69) is 13.8 Å². The fourth-order valence-corrected chi connectivity index (χ4v) is 2.58. The van der Waals surface area contributed by atoms with Crippen LogP contribution < -0.4 is 0 Å². The Morgan fingerprint density at radius 2 is 2.31 bits per heavy atom. The summed E-state index contributed by atoms with van der Waals surface area (Å²) in [6, 6.07) is 1.85. The van der Waals surface area contributed by atoms with Crippen LogP contribution in [0.15, 0.2) is 11.4 Å². The number of hydrogen-bond donors (Lipinski definition) is 1. The quantitative estimate of drug-likeness (QED) is 0.814. The van der Waals surface area contributed by atoms with Crippen molar-refractivity contribution in [2.45, 2.75) is 32.8 Å². The number of aliphatic hydroxyl groups is 1. The molecule has 0 radical (unpaired) electrons. The third-order valence-electron chi connectivity index (χ3n) is 2.16. The van der Waals surface area contributed by atoms with Crippen molar-refractivity contribution in [2.75, 3.05) is 0 Å². The maximum absolute atomic E-state index is 9.89. The maximum Gasteiger partial charge on any atom is 0.0907 e. The largest absolute Gasteiger partial charge is 0.387 e. The molecule has 1 aromatic rings. The Bertz CT molecular complexity index is 259. The van der Waals surface area contributed by atoms with Crippen LogP contribution in [-0.4, -0.2) is 5.11 Å². The zero-order chi connectivity index (χ0) is 9.84. The van der Waals surface area contributed by atoms with Crippen molar-refractivity contribution < 1.29 is 5.11 Å². The van der Waals surface area contributed by atoms with Crippen LogP contribution in [0.4, 0.5) is 0 Å². The average molecular weight is 219 g/mol. The van der Waals surface area contributed by atoms with Crippen LogP contribution in [0.3, 0.4) is 0 Å². The highest BCUT2D eigenvalue weighted by Crippen LogP contribution is 2.31. The molecule has 0 aromatic carbocycles. The topological polar surface area (TPSA) is 20.2 Å². The third kappa shape index (κ3) is 2.97. The molecule has 0 saturated carbocycles. The molecule has 0 amide bonds. The molecule has 0 bridgehead atoms. The Balaban J connectivity index is 2.61. The van der Waals surface area contributed by atoms with E-state index >= 15 is 0 Å². The highest BCUT2D eigenvalue weighted by Gasteiger charge is 2.16. The van der Waals surface area contributed by atoms with E-state index in [9.17, 15) is 5.11 Å². The van der Waals surface area contributed by atoms with Crippen molar-refractivity contribution in [3.63, 3.8) is 0 Å². The minimum atomic E-state index is -0.350. The Kier molecular flexibility index (Phi) is 4.23. The van der Waals surface area contributed by atoms with Gasteiger partial charge in [-0.15, -0.1) is 11.3 Å². The number of rotatable bonds is 4. The van der Waals surface area contributed by atoms with Gasteiger partial charge in [-0.05, 0) is 18.4 Å². The van der Waals surface area contributed by atoms with Crippen LogP contribution in [0, 0.1) is 5.92 Å². The Morgan fingerprint density at radius 3 is 2.77 bits per heavy atom. The third-order valence-corrected chi connectivity index (χ3v) is 3.51. The van der Waals surface area contributed by atoms with Crippen LogP contribution in [-0.2, 0) is 0 Å². The lowest BCUT2D eigenvalue weighted by atomic mass is 9.98. The van der Waals surface area contributed by atoms with Gasteiger partial charge in [0.25, 0.3) is 0 Å². The molecule has 13 heavy (non-hydrogen) atoms. The Morgan fingerprint density at radius 1 is 1.62 bits per heavy atom. The van der Waals surface area contributed by atoms with Crippen molar-refractivity contribution in [3.05, 3.63) is 21.3 Å². The predicted octanol–water partition coefficient (Wildman–Crippen LogP) is 3.87. The zero-order valence-corrected chi connectivity index (χ0v) is 9.53. The summed E-state index contributed by atoms with van der Waals surface area (Å²) < 4.78 is 0. The molecule has 2 unspecified atom stereocenters. The van der Waals surface area contributed by atoms with Gasteiger partial charge >= 0.3 is 0 Å². The summed E-state index contributed by atoms with van der Waals surface area (Å²) in [5.74, 6) is 0.319. The zero-order valence-electron chi connectivity index (χ0n) is 7.96. The first-order valence-electron chi connectivity index (χ1n) is 4.57.